The van der Waals surface area contributed by atoms with E-state index in [1.165, 1.54) is 33.3 Å². The van der Waals surface area contributed by atoms with Gasteiger partial charge in [-0.2, -0.15) is 0 Å². The summed E-state index contributed by atoms with van der Waals surface area (Å²) in [4.78, 5) is 35.7. The molecule has 1 aliphatic heterocycles. The molecule has 0 N–H and O–H groups in total. The summed E-state index contributed by atoms with van der Waals surface area (Å²) in [6.07, 6.45) is 1.35. The van der Waals surface area contributed by atoms with Crippen molar-refractivity contribution in [2.75, 3.05) is 14.2 Å². The van der Waals surface area contributed by atoms with Gasteiger partial charge in [-0.25, -0.2) is 4.79 Å². The number of thioether (sulfide) groups is 1. The predicted molar refractivity (Wildman–Crippen MR) is 95.6 cm³/mol. The normalized spacial score (nSPS) is 16.7. The first-order valence-electron chi connectivity index (χ1n) is 7.09. The summed E-state index contributed by atoms with van der Waals surface area (Å²) in [7, 11) is 2.41. The lowest BCUT2D eigenvalue weighted by atomic mass is 10.1. The topological polar surface area (TPSA) is 122 Å². The summed E-state index contributed by atoms with van der Waals surface area (Å²) >= 11 is 6.06. The number of hydrogen-bond acceptors (Lipinski definition) is 9. The highest BCUT2D eigenvalue weighted by Gasteiger charge is 2.38. The molecule has 0 radical (unpaired) electrons. The van der Waals surface area contributed by atoms with E-state index in [9.17, 15) is 24.8 Å². The highest BCUT2D eigenvalue weighted by atomic mass is 32.2. The maximum atomic E-state index is 12.5. The molecule has 1 atom stereocenters. The zero-order valence-corrected chi connectivity index (χ0v) is 15.5. The van der Waals surface area contributed by atoms with E-state index in [4.69, 9.17) is 17.0 Å². The molecule has 1 heterocycles. The molecule has 1 fully saturated rings. The Morgan fingerprint density at radius 1 is 1.42 bits per heavy atom. The van der Waals surface area contributed by atoms with E-state index in [1.54, 1.807) is 0 Å². The molecule has 0 unspecified atom stereocenters. The number of carbonyl (C=O) groups excluding carboxylic acids is 2. The number of rotatable bonds is 5. The average Bonchev–Trinajstić information content (AvgIpc) is 2.88. The van der Waals surface area contributed by atoms with Crippen LogP contribution in [-0.2, 0) is 14.3 Å². The Labute approximate surface area is 157 Å². The minimum atomic E-state index is -0.911. The maximum Gasteiger partial charge on any atom is 0.328 e. The van der Waals surface area contributed by atoms with Crippen molar-refractivity contribution < 1.29 is 29.1 Å². The summed E-state index contributed by atoms with van der Waals surface area (Å²) in [5.41, 5.74) is -0.451. The van der Waals surface area contributed by atoms with Crippen LogP contribution in [0.3, 0.4) is 0 Å². The van der Waals surface area contributed by atoms with Crippen LogP contribution in [0, 0.1) is 10.1 Å². The van der Waals surface area contributed by atoms with Gasteiger partial charge in [-0.3, -0.25) is 19.8 Å². The standard InChI is InChI=1S/C15H14N2O7S2/c1-7(14(20)24-3)16-13(19)11(26-15(16)25)6-8-4-9(17(21)22)12(18)10(5-8)23-2/h4-7,18H,1-3H3/p-1/b11-6-/t7-/m0/s1. The fourth-order valence-electron chi connectivity index (χ4n) is 2.22. The van der Waals surface area contributed by atoms with Gasteiger partial charge < -0.3 is 14.6 Å². The number of nitro groups is 1. The molecule has 0 saturated carbocycles. The summed E-state index contributed by atoms with van der Waals surface area (Å²) in [6, 6.07) is 1.42. The third-order valence-electron chi connectivity index (χ3n) is 3.53. The Morgan fingerprint density at radius 2 is 2.08 bits per heavy atom. The van der Waals surface area contributed by atoms with Crippen LogP contribution in [0.4, 0.5) is 5.69 Å². The fraction of sp³-hybridized carbons (Fsp3) is 0.267. The number of carbonyl (C=O) groups is 2. The molecule has 1 aromatic carbocycles. The Morgan fingerprint density at radius 3 is 2.62 bits per heavy atom. The fourth-order valence-corrected chi connectivity index (χ4v) is 3.64. The molecule has 0 aromatic heterocycles. The van der Waals surface area contributed by atoms with Crippen molar-refractivity contribution in [2.24, 2.45) is 0 Å². The number of amides is 1. The highest BCUT2D eigenvalue weighted by Crippen LogP contribution is 2.38. The van der Waals surface area contributed by atoms with Crippen molar-refractivity contribution in [1.29, 1.82) is 0 Å². The molecule has 11 heteroatoms. The van der Waals surface area contributed by atoms with Gasteiger partial charge in [-0.1, -0.05) is 24.0 Å². The number of nitro benzene ring substituents is 1. The number of methoxy groups -OCH3 is 2. The van der Waals surface area contributed by atoms with Gasteiger partial charge in [0.2, 0.25) is 0 Å². The first-order valence-corrected chi connectivity index (χ1v) is 8.32. The van der Waals surface area contributed by atoms with Gasteiger partial charge in [-0.05, 0) is 24.6 Å². The third kappa shape index (κ3) is 3.63. The van der Waals surface area contributed by atoms with Crippen molar-refractivity contribution in [2.45, 2.75) is 13.0 Å². The zero-order valence-electron chi connectivity index (χ0n) is 13.9. The van der Waals surface area contributed by atoms with Crippen LogP contribution >= 0.6 is 24.0 Å². The first-order chi connectivity index (χ1) is 12.2. The minimum absolute atomic E-state index is 0.153. The lowest BCUT2D eigenvalue weighted by Gasteiger charge is -2.20. The van der Waals surface area contributed by atoms with Gasteiger partial charge in [-0.15, -0.1) is 0 Å². The van der Waals surface area contributed by atoms with Gasteiger partial charge in [0.25, 0.3) is 11.6 Å². The molecule has 9 nitrogen and oxygen atoms in total. The molecule has 1 aromatic rings. The Bertz CT molecular complexity index is 838. The Balaban J connectivity index is 2.43. The van der Waals surface area contributed by atoms with Gasteiger partial charge >= 0.3 is 5.97 Å². The molecule has 1 amide bonds. The smallest absolute Gasteiger partial charge is 0.328 e. The SMILES string of the molecule is COC(=O)[C@H](C)N1C(=O)/C(=C/c2cc(OC)c([O-])c([N+](=O)[O-])c2)SC1=S. The number of nitrogens with zero attached hydrogens (tertiary/aromatic N) is 2. The molecule has 138 valence electrons. The van der Waals surface area contributed by atoms with E-state index in [-0.39, 0.29) is 20.5 Å². The second-order valence-electron chi connectivity index (χ2n) is 5.08. The van der Waals surface area contributed by atoms with E-state index < -0.39 is 34.3 Å². The molecule has 2 rings (SSSR count). The number of thiocarbonyl (C=S) groups is 1. The minimum Gasteiger partial charge on any atom is -0.865 e. The van der Waals surface area contributed by atoms with E-state index in [2.05, 4.69) is 4.74 Å². The van der Waals surface area contributed by atoms with E-state index >= 15 is 0 Å². The second kappa shape index (κ2) is 7.70. The Hall–Kier alpha value is -2.66. The Kier molecular flexibility index (Phi) is 5.83. The van der Waals surface area contributed by atoms with Crippen LogP contribution in [0.1, 0.15) is 12.5 Å². The van der Waals surface area contributed by atoms with Crippen LogP contribution in [0.2, 0.25) is 0 Å². The summed E-state index contributed by atoms with van der Waals surface area (Å²) in [5, 5.41) is 22.9. The summed E-state index contributed by atoms with van der Waals surface area (Å²) in [6.45, 7) is 1.47. The monoisotopic (exact) mass is 397 g/mol. The van der Waals surface area contributed by atoms with Crippen molar-refractivity contribution >= 4 is 51.9 Å². The maximum absolute atomic E-state index is 12.5. The van der Waals surface area contributed by atoms with Gasteiger partial charge in [0.15, 0.2) is 0 Å². The van der Waals surface area contributed by atoms with E-state index in [0.29, 0.717) is 0 Å². The lowest BCUT2D eigenvalue weighted by Crippen LogP contribution is -2.42. The number of hydrogen-bond donors (Lipinski definition) is 0. The van der Waals surface area contributed by atoms with E-state index in [0.717, 1.165) is 22.7 Å². The van der Waals surface area contributed by atoms with Gasteiger partial charge in [0.1, 0.15) is 16.1 Å². The number of esters is 1. The van der Waals surface area contributed by atoms with Crippen molar-refractivity contribution in [3.8, 4) is 11.5 Å². The molecule has 0 bridgehead atoms. The first kappa shape index (κ1) is 19.7. The molecule has 1 saturated heterocycles. The van der Waals surface area contributed by atoms with Gasteiger partial charge in [0.05, 0.1) is 24.0 Å². The van der Waals surface area contributed by atoms with Crippen LogP contribution in [0.5, 0.6) is 11.5 Å². The molecule has 1 aliphatic rings. The average molecular weight is 397 g/mol. The third-order valence-corrected chi connectivity index (χ3v) is 4.86. The quantitative estimate of drug-likeness (QED) is 0.239. The molecule has 0 aliphatic carbocycles. The second-order valence-corrected chi connectivity index (χ2v) is 6.76. The zero-order chi connectivity index (χ0) is 19.6. The molecular formula is C15H13N2O7S2-. The van der Waals surface area contributed by atoms with Crippen molar-refractivity contribution in [3.63, 3.8) is 0 Å². The van der Waals surface area contributed by atoms with Crippen LogP contribution in [0.25, 0.3) is 6.08 Å². The van der Waals surface area contributed by atoms with Crippen molar-refractivity contribution in [1.82, 2.24) is 4.90 Å². The lowest BCUT2D eigenvalue weighted by molar-refractivity contribution is -0.398. The van der Waals surface area contributed by atoms with Gasteiger partial charge in [0, 0.05) is 11.8 Å². The molecule has 0 spiro atoms. The number of benzene rings is 1. The van der Waals surface area contributed by atoms with E-state index in [1.807, 2.05) is 0 Å². The predicted octanol–water partition coefficient (Wildman–Crippen LogP) is 1.44. The highest BCUT2D eigenvalue weighted by molar-refractivity contribution is 8.26. The van der Waals surface area contributed by atoms with Crippen LogP contribution < -0.4 is 9.84 Å². The van der Waals surface area contributed by atoms with Crippen LogP contribution in [-0.4, -0.2) is 46.3 Å². The molecule has 26 heavy (non-hydrogen) atoms. The largest absolute Gasteiger partial charge is 0.865 e. The summed E-state index contributed by atoms with van der Waals surface area (Å²) < 4.78 is 9.63. The van der Waals surface area contributed by atoms with Crippen LogP contribution in [0.15, 0.2) is 17.0 Å². The summed E-state index contributed by atoms with van der Waals surface area (Å²) in [5.74, 6) is -2.24. The van der Waals surface area contributed by atoms with Crippen molar-refractivity contribution in [3.05, 3.63) is 32.7 Å². The molecular weight excluding hydrogens is 384 g/mol. The number of ether oxygens (including phenoxy) is 2.